The van der Waals surface area contributed by atoms with Crippen molar-refractivity contribution in [1.82, 2.24) is 34.9 Å². The summed E-state index contributed by atoms with van der Waals surface area (Å²) < 4.78 is 44.5. The van der Waals surface area contributed by atoms with Crippen LogP contribution < -0.4 is 11.1 Å². The summed E-state index contributed by atoms with van der Waals surface area (Å²) in [5.41, 5.74) is 6.79. The molecule has 0 bridgehead atoms. The van der Waals surface area contributed by atoms with Crippen LogP contribution in [0.2, 0.25) is 0 Å². The van der Waals surface area contributed by atoms with Gasteiger partial charge in [-0.1, -0.05) is 35.5 Å². The van der Waals surface area contributed by atoms with Crippen molar-refractivity contribution in [1.29, 1.82) is 5.41 Å². The van der Waals surface area contributed by atoms with Gasteiger partial charge < -0.3 is 15.8 Å². The molecule has 0 radical (unpaired) electrons. The van der Waals surface area contributed by atoms with E-state index in [1.165, 1.54) is 6.20 Å². The van der Waals surface area contributed by atoms with Crippen molar-refractivity contribution in [3.63, 3.8) is 0 Å². The molecule has 0 aliphatic rings. The largest absolute Gasteiger partial charge is 0.451 e. The predicted octanol–water partition coefficient (Wildman–Crippen LogP) is 3.23. The van der Waals surface area contributed by atoms with Gasteiger partial charge in [0.15, 0.2) is 0 Å². The van der Waals surface area contributed by atoms with Crippen molar-refractivity contribution in [3.05, 3.63) is 83.5 Å². The minimum atomic E-state index is -4.72. The third-order valence-electron chi connectivity index (χ3n) is 5.02. The fraction of sp³-hybridized carbons (Fsp3) is 0.182. The molecule has 0 fully saturated rings. The Balaban J connectivity index is 1.49. The maximum Gasteiger partial charge on any atom is 0.451 e. The molecule has 15 heteroatoms. The van der Waals surface area contributed by atoms with Crippen molar-refractivity contribution in [2.75, 3.05) is 11.1 Å². The number of benzene rings is 1. The van der Waals surface area contributed by atoms with Gasteiger partial charge in [-0.05, 0) is 12.5 Å². The molecule has 3 heterocycles. The second kappa shape index (κ2) is 10.3. The van der Waals surface area contributed by atoms with Gasteiger partial charge in [-0.2, -0.15) is 17.9 Å². The topological polar surface area (TPSA) is 170 Å². The average molecular weight is 512 g/mol. The Morgan fingerprint density at radius 1 is 1.16 bits per heavy atom. The number of nitrogens with zero attached hydrogens (tertiary/aromatic N) is 7. The lowest BCUT2D eigenvalue weighted by Gasteiger charge is -2.16. The summed E-state index contributed by atoms with van der Waals surface area (Å²) in [7, 11) is 0. The predicted molar refractivity (Wildman–Crippen MR) is 123 cm³/mol. The number of nitrogens with one attached hydrogen (secondary N) is 2. The van der Waals surface area contributed by atoms with Crippen molar-refractivity contribution in [3.8, 4) is 0 Å². The Labute approximate surface area is 207 Å². The molecule has 0 aliphatic heterocycles. The highest BCUT2D eigenvalue weighted by Gasteiger charge is 2.34. The summed E-state index contributed by atoms with van der Waals surface area (Å²) in [6.45, 7) is 1.75. The Morgan fingerprint density at radius 3 is 2.54 bits per heavy atom. The van der Waals surface area contributed by atoms with Crippen LogP contribution in [-0.4, -0.2) is 46.7 Å². The highest BCUT2D eigenvalue weighted by Crippen LogP contribution is 2.27. The van der Waals surface area contributed by atoms with Crippen LogP contribution in [0, 0.1) is 5.41 Å². The number of nitrogen functional groups attached to an aromatic ring is 1. The monoisotopic (exact) mass is 512 g/mol. The highest BCUT2D eigenvalue weighted by molar-refractivity contribution is 6.15. The number of anilines is 2. The Morgan fingerprint density at radius 2 is 1.86 bits per heavy atom. The molecular formula is C22H19F3N10O2. The number of carbonyl (C=O) groups excluding carboxylic acids is 1. The van der Waals surface area contributed by atoms with Crippen molar-refractivity contribution >= 4 is 23.4 Å². The summed E-state index contributed by atoms with van der Waals surface area (Å²) in [4.78, 5) is 26.8. The van der Waals surface area contributed by atoms with Gasteiger partial charge in [0, 0.05) is 18.0 Å². The normalized spacial score (nSPS) is 12.1. The summed E-state index contributed by atoms with van der Waals surface area (Å²) >= 11 is 0. The zero-order valence-electron chi connectivity index (χ0n) is 19.1. The van der Waals surface area contributed by atoms with E-state index in [-0.39, 0.29) is 35.1 Å². The summed E-state index contributed by atoms with van der Waals surface area (Å²) in [6, 6.07) is 8.53. The van der Waals surface area contributed by atoms with Crippen LogP contribution in [-0.2, 0) is 17.5 Å². The molecule has 12 nitrogen and oxygen atoms in total. The first kappa shape index (κ1) is 25.2. The van der Waals surface area contributed by atoms with Crippen LogP contribution in [0.4, 0.5) is 29.6 Å². The number of halogens is 3. The van der Waals surface area contributed by atoms with Crippen molar-refractivity contribution in [2.24, 2.45) is 0 Å². The van der Waals surface area contributed by atoms with Crippen LogP contribution in [0.25, 0.3) is 0 Å². The molecule has 4 aromatic rings. The minimum absolute atomic E-state index is 0.0207. The van der Waals surface area contributed by atoms with Gasteiger partial charge in [0.2, 0.25) is 5.82 Å². The zero-order valence-corrected chi connectivity index (χ0v) is 19.1. The first-order chi connectivity index (χ1) is 17.6. The number of ether oxygens (including phenoxy) is 1. The van der Waals surface area contributed by atoms with Crippen LogP contribution in [0.1, 0.15) is 41.2 Å². The third kappa shape index (κ3) is 5.83. The molecule has 0 aliphatic carbocycles. The molecule has 37 heavy (non-hydrogen) atoms. The summed E-state index contributed by atoms with van der Waals surface area (Å²) in [5, 5.41) is 19.2. The summed E-state index contributed by atoms with van der Waals surface area (Å²) in [5.74, 6) is -1.33. The Kier molecular flexibility index (Phi) is 7.04. The van der Waals surface area contributed by atoms with E-state index >= 15 is 0 Å². The molecule has 1 aromatic carbocycles. The molecule has 1 unspecified atom stereocenters. The standard InChI is InChI=1S/C22H19F3N10O2/c1-12(15-9-35(34-33-15)21(36)37-10-13-5-3-2-4-6-13)32-19-16(18(27)30-11-31-19)17(26)14-7-28-20(29-8-14)22(23,24)25/h2-9,11-12,26H,10H2,1H3,(H3,27,30,31,32). The summed E-state index contributed by atoms with van der Waals surface area (Å²) in [6.07, 6.45) is -1.20. The molecule has 4 N–H and O–H groups in total. The SMILES string of the molecule is CC(Nc1ncnc(N)c1C(=N)c1cnc(C(F)(F)F)nc1)c1cn(C(=O)OCc2ccccc2)nn1. The molecule has 0 spiro atoms. The van der Waals surface area contributed by atoms with E-state index in [0.717, 1.165) is 29.0 Å². The first-order valence-corrected chi connectivity index (χ1v) is 10.6. The van der Waals surface area contributed by atoms with Crippen molar-refractivity contribution in [2.45, 2.75) is 25.7 Å². The molecule has 4 rings (SSSR count). The molecule has 0 saturated heterocycles. The van der Waals surface area contributed by atoms with E-state index in [1.54, 1.807) is 6.92 Å². The van der Waals surface area contributed by atoms with Crippen LogP contribution in [0.15, 0.2) is 55.2 Å². The van der Waals surface area contributed by atoms with E-state index < -0.39 is 24.1 Å². The van der Waals surface area contributed by atoms with Gasteiger partial charge >= 0.3 is 12.3 Å². The van der Waals surface area contributed by atoms with E-state index in [0.29, 0.717) is 5.69 Å². The lowest BCUT2D eigenvalue weighted by Crippen LogP contribution is -2.17. The Hall–Kier alpha value is -4.95. The van der Waals surface area contributed by atoms with E-state index in [2.05, 4.69) is 35.6 Å². The van der Waals surface area contributed by atoms with Gasteiger partial charge in [0.1, 0.15) is 30.3 Å². The zero-order chi connectivity index (χ0) is 26.6. The number of nitrogens with two attached hydrogens (primary N) is 1. The number of carbonyl (C=O) groups is 1. The second-order valence-corrected chi connectivity index (χ2v) is 7.64. The molecular weight excluding hydrogens is 493 g/mol. The van der Waals surface area contributed by atoms with Gasteiger partial charge in [0.25, 0.3) is 0 Å². The smallest absolute Gasteiger partial charge is 0.443 e. The number of hydrogen-bond donors (Lipinski definition) is 3. The maximum atomic E-state index is 12.8. The number of rotatable bonds is 7. The second-order valence-electron chi connectivity index (χ2n) is 7.64. The van der Waals surface area contributed by atoms with E-state index in [9.17, 15) is 18.0 Å². The van der Waals surface area contributed by atoms with E-state index in [4.69, 9.17) is 15.9 Å². The molecule has 190 valence electrons. The lowest BCUT2D eigenvalue weighted by molar-refractivity contribution is -0.145. The first-order valence-electron chi connectivity index (χ1n) is 10.6. The highest BCUT2D eigenvalue weighted by atomic mass is 19.4. The van der Waals surface area contributed by atoms with Gasteiger partial charge in [-0.15, -0.1) is 5.10 Å². The van der Waals surface area contributed by atoms with Gasteiger partial charge in [0.05, 0.1) is 23.5 Å². The number of aromatic nitrogens is 7. The molecule has 1 atom stereocenters. The molecule has 0 saturated carbocycles. The van der Waals surface area contributed by atoms with Crippen LogP contribution >= 0.6 is 0 Å². The lowest BCUT2D eigenvalue weighted by atomic mass is 10.1. The third-order valence-corrected chi connectivity index (χ3v) is 5.02. The molecule has 0 amide bonds. The fourth-order valence-corrected chi connectivity index (χ4v) is 3.13. The van der Waals surface area contributed by atoms with Crippen molar-refractivity contribution < 1.29 is 22.7 Å². The minimum Gasteiger partial charge on any atom is -0.443 e. The van der Waals surface area contributed by atoms with Gasteiger partial charge in [-0.25, -0.2) is 24.7 Å². The van der Waals surface area contributed by atoms with Crippen LogP contribution in [0.3, 0.4) is 0 Å². The number of alkyl halides is 3. The van der Waals surface area contributed by atoms with E-state index in [1.807, 2.05) is 30.3 Å². The maximum absolute atomic E-state index is 12.8. The van der Waals surface area contributed by atoms with Gasteiger partial charge in [-0.3, -0.25) is 5.41 Å². The fourth-order valence-electron chi connectivity index (χ4n) is 3.13. The quantitative estimate of drug-likeness (QED) is 0.312. The number of hydrogen-bond acceptors (Lipinski definition) is 11. The Bertz CT molecular complexity index is 1410. The average Bonchev–Trinajstić information content (AvgIpc) is 3.38. The van der Waals surface area contributed by atoms with Crippen LogP contribution in [0.5, 0.6) is 0 Å². The molecule has 3 aromatic heterocycles.